The first-order valence-electron chi connectivity index (χ1n) is 9.63. The number of guanidine groups is 1. The summed E-state index contributed by atoms with van der Waals surface area (Å²) in [6, 6.07) is 10.7. The Hall–Kier alpha value is -1.65. The lowest BCUT2D eigenvalue weighted by molar-refractivity contribution is 0.0342. The van der Waals surface area contributed by atoms with E-state index in [1.54, 1.807) is 13.2 Å². The maximum Gasteiger partial charge on any atom is 0.191 e. The minimum Gasteiger partial charge on any atom is -0.379 e. The minimum atomic E-state index is 0. The quantitative estimate of drug-likeness (QED) is 0.253. The number of rotatable bonds is 8. The number of hydrogen-bond donors (Lipinski definition) is 2. The Labute approximate surface area is 184 Å². The van der Waals surface area contributed by atoms with Crippen molar-refractivity contribution in [1.29, 1.82) is 0 Å². The zero-order valence-electron chi connectivity index (χ0n) is 16.5. The average Bonchev–Trinajstić information content (AvgIpc) is 3.22. The van der Waals surface area contributed by atoms with E-state index in [2.05, 4.69) is 49.9 Å². The summed E-state index contributed by atoms with van der Waals surface area (Å²) in [5, 5.41) is 11.0. The van der Waals surface area contributed by atoms with Gasteiger partial charge in [0.2, 0.25) is 0 Å². The van der Waals surface area contributed by atoms with E-state index in [0.717, 1.165) is 64.9 Å². The monoisotopic (exact) mass is 498 g/mol. The number of aliphatic imine (C=N–C) groups is 1. The zero-order valence-corrected chi connectivity index (χ0v) is 18.8. The predicted octanol–water partition coefficient (Wildman–Crippen LogP) is 2.09. The van der Waals surface area contributed by atoms with Crippen LogP contribution in [-0.4, -0.2) is 60.5 Å². The molecule has 1 aromatic carbocycles. The zero-order chi connectivity index (χ0) is 18.7. The Bertz CT molecular complexity index is 700. The summed E-state index contributed by atoms with van der Waals surface area (Å²) in [5.74, 6) is 0.828. The van der Waals surface area contributed by atoms with Crippen LogP contribution in [-0.2, 0) is 24.4 Å². The highest BCUT2D eigenvalue weighted by Crippen LogP contribution is 2.10. The van der Waals surface area contributed by atoms with Gasteiger partial charge in [0.1, 0.15) is 0 Å². The highest BCUT2D eigenvalue weighted by Gasteiger charge is 2.10. The molecule has 0 aliphatic carbocycles. The topological polar surface area (TPSA) is 66.7 Å². The summed E-state index contributed by atoms with van der Waals surface area (Å²) in [5.41, 5.74) is 2.61. The standard InChI is InChI=1S/C20H30N6O.HI/c1-21-20(22-7-3-9-26-10-4-8-24-26)23-16-18-5-2-6-19(15-18)17-25-11-13-27-14-12-25;/h2,4-6,8,10,15H,3,7,9,11-14,16-17H2,1H3,(H2,21,22,23);1H. The average molecular weight is 498 g/mol. The molecule has 2 aromatic rings. The highest BCUT2D eigenvalue weighted by molar-refractivity contribution is 14.0. The van der Waals surface area contributed by atoms with Crippen molar-refractivity contribution < 1.29 is 4.74 Å². The van der Waals surface area contributed by atoms with Crippen molar-refractivity contribution in [2.75, 3.05) is 39.9 Å². The van der Waals surface area contributed by atoms with Gasteiger partial charge < -0.3 is 15.4 Å². The van der Waals surface area contributed by atoms with Gasteiger partial charge in [0.15, 0.2) is 5.96 Å². The summed E-state index contributed by atoms with van der Waals surface area (Å²) < 4.78 is 7.37. The lowest BCUT2D eigenvalue weighted by atomic mass is 10.1. The molecule has 0 radical (unpaired) electrons. The summed E-state index contributed by atoms with van der Waals surface area (Å²) in [4.78, 5) is 6.74. The molecule has 1 aliphatic heterocycles. The van der Waals surface area contributed by atoms with Crippen molar-refractivity contribution in [3.63, 3.8) is 0 Å². The molecule has 1 aliphatic rings. The van der Waals surface area contributed by atoms with Gasteiger partial charge in [-0.05, 0) is 23.6 Å². The molecule has 2 N–H and O–H groups in total. The number of aromatic nitrogens is 2. The molecule has 1 fully saturated rings. The van der Waals surface area contributed by atoms with E-state index < -0.39 is 0 Å². The second kappa shape index (κ2) is 12.7. The molecule has 0 atom stereocenters. The van der Waals surface area contributed by atoms with Crippen molar-refractivity contribution in [3.8, 4) is 0 Å². The third kappa shape index (κ3) is 7.76. The predicted molar refractivity (Wildman–Crippen MR) is 123 cm³/mol. The van der Waals surface area contributed by atoms with Crippen LogP contribution in [0.25, 0.3) is 0 Å². The molecule has 7 nitrogen and oxygen atoms in total. The van der Waals surface area contributed by atoms with Crippen LogP contribution in [0.4, 0.5) is 0 Å². The number of benzene rings is 1. The number of hydrogen-bond acceptors (Lipinski definition) is 4. The molecule has 28 heavy (non-hydrogen) atoms. The molecular formula is C20H31IN6O. The smallest absolute Gasteiger partial charge is 0.191 e. The van der Waals surface area contributed by atoms with Gasteiger partial charge in [-0.15, -0.1) is 24.0 Å². The highest BCUT2D eigenvalue weighted by atomic mass is 127. The van der Waals surface area contributed by atoms with Crippen LogP contribution in [0.3, 0.4) is 0 Å². The first-order valence-corrected chi connectivity index (χ1v) is 9.63. The number of aryl methyl sites for hydroxylation is 1. The van der Waals surface area contributed by atoms with Crippen molar-refractivity contribution >= 4 is 29.9 Å². The molecule has 1 saturated heterocycles. The van der Waals surface area contributed by atoms with Gasteiger partial charge in [-0.2, -0.15) is 5.10 Å². The minimum absolute atomic E-state index is 0. The Morgan fingerprint density at radius 1 is 1.18 bits per heavy atom. The number of halogens is 1. The molecule has 3 rings (SSSR count). The molecule has 0 spiro atoms. The van der Waals surface area contributed by atoms with Crippen LogP contribution in [0.2, 0.25) is 0 Å². The molecule has 0 bridgehead atoms. The summed E-state index contributed by atoms with van der Waals surface area (Å²) in [6.07, 6.45) is 4.79. The number of nitrogens with zero attached hydrogens (tertiary/aromatic N) is 4. The van der Waals surface area contributed by atoms with Crippen LogP contribution in [0.5, 0.6) is 0 Å². The van der Waals surface area contributed by atoms with Crippen LogP contribution in [0.15, 0.2) is 47.7 Å². The number of morpholine rings is 1. The van der Waals surface area contributed by atoms with Gasteiger partial charge in [0.25, 0.3) is 0 Å². The normalized spacial score (nSPS) is 15.1. The largest absolute Gasteiger partial charge is 0.379 e. The van der Waals surface area contributed by atoms with Crippen molar-refractivity contribution in [2.45, 2.75) is 26.1 Å². The molecule has 0 amide bonds. The summed E-state index contributed by atoms with van der Waals surface area (Å²) in [6.45, 7) is 7.20. The molecule has 8 heteroatoms. The van der Waals surface area contributed by atoms with E-state index in [9.17, 15) is 0 Å². The maximum atomic E-state index is 5.42. The van der Waals surface area contributed by atoms with Gasteiger partial charge in [-0.25, -0.2) is 0 Å². The second-order valence-corrected chi connectivity index (χ2v) is 6.68. The molecule has 1 aromatic heterocycles. The van der Waals surface area contributed by atoms with Crippen LogP contribution in [0.1, 0.15) is 17.5 Å². The van der Waals surface area contributed by atoms with Crippen LogP contribution >= 0.6 is 24.0 Å². The van der Waals surface area contributed by atoms with Gasteiger partial charge in [-0.1, -0.05) is 24.3 Å². The van der Waals surface area contributed by atoms with E-state index in [1.165, 1.54) is 11.1 Å². The van der Waals surface area contributed by atoms with Crippen molar-refractivity contribution in [3.05, 3.63) is 53.9 Å². The fourth-order valence-corrected chi connectivity index (χ4v) is 3.14. The molecule has 0 unspecified atom stereocenters. The van der Waals surface area contributed by atoms with Gasteiger partial charge in [0, 0.05) is 58.7 Å². The third-order valence-electron chi connectivity index (χ3n) is 4.60. The van der Waals surface area contributed by atoms with E-state index in [0.29, 0.717) is 0 Å². The Morgan fingerprint density at radius 2 is 2.00 bits per heavy atom. The van der Waals surface area contributed by atoms with E-state index in [4.69, 9.17) is 4.74 Å². The lowest BCUT2D eigenvalue weighted by Gasteiger charge is -2.26. The van der Waals surface area contributed by atoms with Crippen molar-refractivity contribution in [2.24, 2.45) is 4.99 Å². The van der Waals surface area contributed by atoms with Crippen LogP contribution in [0, 0.1) is 0 Å². The number of ether oxygens (including phenoxy) is 1. The molecule has 0 saturated carbocycles. The fraction of sp³-hybridized carbons (Fsp3) is 0.500. The first kappa shape index (κ1) is 22.6. The van der Waals surface area contributed by atoms with E-state index in [1.807, 2.05) is 16.9 Å². The van der Waals surface area contributed by atoms with Gasteiger partial charge >= 0.3 is 0 Å². The fourth-order valence-electron chi connectivity index (χ4n) is 3.14. The summed E-state index contributed by atoms with van der Waals surface area (Å²) in [7, 11) is 1.80. The molecule has 154 valence electrons. The second-order valence-electron chi connectivity index (χ2n) is 6.68. The first-order chi connectivity index (χ1) is 13.3. The lowest BCUT2D eigenvalue weighted by Crippen LogP contribution is -2.37. The van der Waals surface area contributed by atoms with E-state index >= 15 is 0 Å². The third-order valence-corrected chi connectivity index (χ3v) is 4.60. The maximum absolute atomic E-state index is 5.42. The van der Waals surface area contributed by atoms with Crippen molar-refractivity contribution in [1.82, 2.24) is 25.3 Å². The molecule has 2 heterocycles. The molecular weight excluding hydrogens is 467 g/mol. The summed E-state index contributed by atoms with van der Waals surface area (Å²) >= 11 is 0. The SMILES string of the molecule is CN=C(NCCCn1cccn1)NCc1cccc(CN2CCOCC2)c1.I. The number of nitrogens with one attached hydrogen (secondary N) is 2. The van der Waals surface area contributed by atoms with Gasteiger partial charge in [0.05, 0.1) is 13.2 Å². The van der Waals surface area contributed by atoms with Crippen LogP contribution < -0.4 is 10.6 Å². The van der Waals surface area contributed by atoms with Gasteiger partial charge in [-0.3, -0.25) is 14.6 Å². The Balaban J connectivity index is 0.00000280. The van der Waals surface area contributed by atoms with E-state index in [-0.39, 0.29) is 24.0 Å². The Morgan fingerprint density at radius 3 is 2.75 bits per heavy atom. The Kier molecular flexibility index (Phi) is 10.3.